The van der Waals surface area contributed by atoms with Crippen LogP contribution in [0.25, 0.3) is 0 Å². The monoisotopic (exact) mass is 184 g/mol. The van der Waals surface area contributed by atoms with Crippen molar-refractivity contribution in [2.45, 2.75) is 12.6 Å². The molecule has 0 amide bonds. The van der Waals surface area contributed by atoms with E-state index in [0.717, 1.165) is 0 Å². The minimum atomic E-state index is -0.383. The van der Waals surface area contributed by atoms with Gasteiger partial charge in [-0.2, -0.15) is 5.10 Å². The third-order valence-electron chi connectivity index (χ3n) is 1.67. The number of nitrogens with one attached hydrogen (secondary N) is 1. The van der Waals surface area contributed by atoms with Crippen LogP contribution in [0, 0.1) is 0 Å². The lowest BCUT2D eigenvalue weighted by molar-refractivity contribution is -0.143. The molecule has 1 aromatic heterocycles. The lowest BCUT2D eigenvalue weighted by Gasteiger charge is -2.12. The van der Waals surface area contributed by atoms with Crippen LogP contribution in [0.4, 0.5) is 0 Å². The number of esters is 1. The first kappa shape index (κ1) is 9.66. The van der Waals surface area contributed by atoms with Crippen LogP contribution in [0.5, 0.6) is 0 Å². The summed E-state index contributed by atoms with van der Waals surface area (Å²) in [6, 6.07) is -0.383. The Bertz CT molecular complexity index is 259. The highest BCUT2D eigenvalue weighted by atomic mass is 16.5. The Morgan fingerprint density at radius 1 is 1.77 bits per heavy atom. The van der Waals surface area contributed by atoms with Crippen LogP contribution in [-0.4, -0.2) is 40.9 Å². The largest absolute Gasteiger partial charge is 0.468 e. The Hall–Kier alpha value is -1.43. The number of nitrogens with zero attached hydrogens (tertiary/aromatic N) is 3. The summed E-state index contributed by atoms with van der Waals surface area (Å²) in [7, 11) is 3.05. The molecule has 1 heterocycles. The Kier molecular flexibility index (Phi) is 3.39. The minimum absolute atomic E-state index is 0.307. The van der Waals surface area contributed by atoms with Gasteiger partial charge >= 0.3 is 5.97 Å². The Labute approximate surface area is 75.9 Å². The van der Waals surface area contributed by atoms with Crippen molar-refractivity contribution in [1.29, 1.82) is 0 Å². The second-order valence-corrected chi connectivity index (χ2v) is 2.48. The normalized spacial score (nSPS) is 12.5. The van der Waals surface area contributed by atoms with Gasteiger partial charge in [-0.1, -0.05) is 0 Å². The molecule has 0 bridgehead atoms. The molecule has 13 heavy (non-hydrogen) atoms. The summed E-state index contributed by atoms with van der Waals surface area (Å²) in [5, 5.41) is 6.71. The van der Waals surface area contributed by atoms with Crippen molar-refractivity contribution in [1.82, 2.24) is 20.1 Å². The summed E-state index contributed by atoms with van der Waals surface area (Å²) >= 11 is 0. The van der Waals surface area contributed by atoms with E-state index in [1.165, 1.54) is 13.4 Å². The van der Waals surface area contributed by atoms with E-state index in [1.54, 1.807) is 18.1 Å². The SMILES string of the molecule is CNC(Cn1cncn1)C(=O)OC. The van der Waals surface area contributed by atoms with Crippen molar-refractivity contribution >= 4 is 5.97 Å². The molecule has 0 aliphatic carbocycles. The topological polar surface area (TPSA) is 69.0 Å². The molecule has 0 fully saturated rings. The van der Waals surface area contributed by atoms with E-state index in [4.69, 9.17) is 0 Å². The van der Waals surface area contributed by atoms with E-state index in [9.17, 15) is 4.79 Å². The van der Waals surface area contributed by atoms with E-state index in [-0.39, 0.29) is 12.0 Å². The van der Waals surface area contributed by atoms with Gasteiger partial charge in [0.15, 0.2) is 0 Å². The maximum Gasteiger partial charge on any atom is 0.324 e. The van der Waals surface area contributed by atoms with Gasteiger partial charge in [0.05, 0.1) is 13.7 Å². The van der Waals surface area contributed by atoms with Crippen molar-refractivity contribution in [3.05, 3.63) is 12.7 Å². The van der Waals surface area contributed by atoms with E-state index in [2.05, 4.69) is 20.1 Å². The number of carbonyl (C=O) groups is 1. The molecule has 6 nitrogen and oxygen atoms in total. The highest BCUT2D eigenvalue weighted by Crippen LogP contribution is 1.91. The summed E-state index contributed by atoms with van der Waals surface area (Å²) in [6.45, 7) is 0.420. The Morgan fingerprint density at radius 3 is 3.00 bits per heavy atom. The maximum absolute atomic E-state index is 11.1. The van der Waals surface area contributed by atoms with Crippen LogP contribution >= 0.6 is 0 Å². The van der Waals surface area contributed by atoms with Crippen molar-refractivity contribution in [2.24, 2.45) is 0 Å². The van der Waals surface area contributed by atoms with Crippen LogP contribution in [-0.2, 0) is 16.1 Å². The lowest BCUT2D eigenvalue weighted by Crippen LogP contribution is -2.38. The van der Waals surface area contributed by atoms with Crippen LogP contribution in [0.1, 0.15) is 0 Å². The number of carbonyl (C=O) groups excluding carboxylic acids is 1. The van der Waals surface area contributed by atoms with Crippen molar-refractivity contribution in [3.63, 3.8) is 0 Å². The standard InChI is InChI=1S/C7H12N4O2/c1-8-6(7(12)13-2)3-11-5-9-4-10-11/h4-6,8H,3H2,1-2H3. The third-order valence-corrected chi connectivity index (χ3v) is 1.67. The Balaban J connectivity index is 2.54. The van der Waals surface area contributed by atoms with Crippen molar-refractivity contribution in [2.75, 3.05) is 14.2 Å². The first-order valence-electron chi connectivity index (χ1n) is 3.85. The second-order valence-electron chi connectivity index (χ2n) is 2.48. The minimum Gasteiger partial charge on any atom is -0.468 e. The molecule has 72 valence electrons. The number of hydrogen-bond acceptors (Lipinski definition) is 5. The van der Waals surface area contributed by atoms with Crippen molar-refractivity contribution < 1.29 is 9.53 Å². The molecule has 1 rings (SSSR count). The number of hydrogen-bond donors (Lipinski definition) is 1. The zero-order valence-electron chi connectivity index (χ0n) is 7.60. The Morgan fingerprint density at radius 2 is 2.54 bits per heavy atom. The average Bonchev–Trinajstić information content (AvgIpc) is 2.65. The number of aromatic nitrogens is 3. The van der Waals surface area contributed by atoms with E-state index < -0.39 is 0 Å². The fourth-order valence-electron chi connectivity index (χ4n) is 0.940. The van der Waals surface area contributed by atoms with Gasteiger partial charge in [0, 0.05) is 0 Å². The maximum atomic E-state index is 11.1. The molecule has 1 unspecified atom stereocenters. The molecule has 0 saturated heterocycles. The van der Waals surface area contributed by atoms with E-state index in [0.29, 0.717) is 6.54 Å². The highest BCUT2D eigenvalue weighted by molar-refractivity contribution is 5.75. The zero-order valence-corrected chi connectivity index (χ0v) is 7.60. The number of methoxy groups -OCH3 is 1. The van der Waals surface area contributed by atoms with Crippen molar-refractivity contribution in [3.8, 4) is 0 Å². The molecule has 0 radical (unpaired) electrons. The molecule has 0 saturated carbocycles. The molecule has 6 heteroatoms. The van der Waals surface area contributed by atoms with Gasteiger partial charge in [0.25, 0.3) is 0 Å². The third kappa shape index (κ3) is 2.51. The summed E-state index contributed by atoms with van der Waals surface area (Å²) in [5.74, 6) is -0.307. The van der Waals surface area contributed by atoms with E-state index >= 15 is 0 Å². The summed E-state index contributed by atoms with van der Waals surface area (Å²) in [6.07, 6.45) is 2.97. The molecule has 1 atom stereocenters. The quantitative estimate of drug-likeness (QED) is 0.610. The summed E-state index contributed by atoms with van der Waals surface area (Å²) < 4.78 is 6.16. The predicted octanol–water partition coefficient (Wildman–Crippen LogP) is -0.961. The van der Waals surface area contributed by atoms with E-state index in [1.807, 2.05) is 0 Å². The average molecular weight is 184 g/mol. The summed E-state index contributed by atoms with van der Waals surface area (Å²) in [5.41, 5.74) is 0. The van der Waals surface area contributed by atoms with Gasteiger partial charge < -0.3 is 10.1 Å². The number of rotatable bonds is 4. The summed E-state index contributed by atoms with van der Waals surface area (Å²) in [4.78, 5) is 14.9. The van der Waals surface area contributed by atoms with Gasteiger partial charge in [0.2, 0.25) is 0 Å². The fraction of sp³-hybridized carbons (Fsp3) is 0.571. The first-order valence-corrected chi connectivity index (χ1v) is 3.85. The molecule has 0 aliphatic rings. The van der Waals surface area contributed by atoms with Gasteiger partial charge in [0.1, 0.15) is 18.7 Å². The molecule has 0 aromatic carbocycles. The first-order chi connectivity index (χ1) is 6.27. The lowest BCUT2D eigenvalue weighted by atomic mass is 10.3. The van der Waals surface area contributed by atoms with Gasteiger partial charge in [-0.3, -0.25) is 9.48 Å². The molecule has 0 spiro atoms. The van der Waals surface area contributed by atoms with Gasteiger partial charge in [-0.25, -0.2) is 4.98 Å². The second kappa shape index (κ2) is 4.56. The smallest absolute Gasteiger partial charge is 0.324 e. The molecule has 1 aromatic rings. The van der Waals surface area contributed by atoms with Crippen LogP contribution in [0.2, 0.25) is 0 Å². The highest BCUT2D eigenvalue weighted by Gasteiger charge is 2.17. The zero-order chi connectivity index (χ0) is 9.68. The van der Waals surface area contributed by atoms with Crippen LogP contribution < -0.4 is 5.32 Å². The molecule has 0 aliphatic heterocycles. The fourth-order valence-corrected chi connectivity index (χ4v) is 0.940. The van der Waals surface area contributed by atoms with Gasteiger partial charge in [-0.05, 0) is 7.05 Å². The van der Waals surface area contributed by atoms with Crippen LogP contribution in [0.3, 0.4) is 0 Å². The predicted molar refractivity (Wildman–Crippen MR) is 44.9 cm³/mol. The number of likely N-dealkylation sites (N-methyl/N-ethyl adjacent to an activating group) is 1. The van der Waals surface area contributed by atoms with Crippen LogP contribution in [0.15, 0.2) is 12.7 Å². The van der Waals surface area contributed by atoms with Gasteiger partial charge in [-0.15, -0.1) is 0 Å². The molecule has 1 N–H and O–H groups in total. The molecular weight excluding hydrogens is 172 g/mol. The number of ether oxygens (including phenoxy) is 1. The molecular formula is C7H12N4O2.